The van der Waals surface area contributed by atoms with E-state index < -0.39 is 0 Å². The van der Waals surface area contributed by atoms with Crippen LogP contribution in [0.25, 0.3) is 0 Å². The predicted molar refractivity (Wildman–Crippen MR) is 115 cm³/mol. The van der Waals surface area contributed by atoms with E-state index in [-0.39, 0.29) is 11.8 Å². The van der Waals surface area contributed by atoms with E-state index >= 15 is 0 Å². The van der Waals surface area contributed by atoms with Crippen LogP contribution in [0.5, 0.6) is 0 Å². The third-order valence-corrected chi connectivity index (χ3v) is 6.53. The fourth-order valence-electron chi connectivity index (χ4n) is 3.95. The number of furan rings is 1. The van der Waals surface area contributed by atoms with E-state index in [2.05, 4.69) is 20.1 Å². The molecular formula is C21H29N5O3S. The minimum atomic E-state index is -0.0941. The first kappa shape index (κ1) is 21.0. The number of piperazine rings is 1. The van der Waals surface area contributed by atoms with Gasteiger partial charge in [0.25, 0.3) is 11.8 Å². The molecule has 0 aliphatic carbocycles. The molecule has 8 nitrogen and oxygen atoms in total. The minimum Gasteiger partial charge on any atom is -0.459 e. The van der Waals surface area contributed by atoms with Crippen LogP contribution in [0.2, 0.25) is 0 Å². The van der Waals surface area contributed by atoms with Gasteiger partial charge in [-0.1, -0.05) is 6.42 Å². The van der Waals surface area contributed by atoms with Crippen molar-refractivity contribution in [3.05, 3.63) is 40.2 Å². The number of hydrogen-bond acceptors (Lipinski definition) is 7. The molecule has 2 saturated heterocycles. The monoisotopic (exact) mass is 431 g/mol. The van der Waals surface area contributed by atoms with Crippen LogP contribution in [0.15, 0.2) is 28.2 Å². The fourth-order valence-corrected chi connectivity index (χ4v) is 4.76. The van der Waals surface area contributed by atoms with Gasteiger partial charge in [0.2, 0.25) is 0 Å². The van der Waals surface area contributed by atoms with Crippen LogP contribution in [0.1, 0.15) is 45.3 Å². The lowest BCUT2D eigenvalue weighted by atomic mass is 10.1. The summed E-state index contributed by atoms with van der Waals surface area (Å²) in [5.41, 5.74) is 0.500. The van der Waals surface area contributed by atoms with Gasteiger partial charge in [0, 0.05) is 44.6 Å². The number of likely N-dealkylation sites (tertiary alicyclic amines) is 1. The van der Waals surface area contributed by atoms with E-state index in [1.54, 1.807) is 12.1 Å². The van der Waals surface area contributed by atoms with E-state index in [1.807, 2.05) is 10.3 Å². The Bertz CT molecular complexity index is 824. The molecule has 2 aliphatic rings. The Morgan fingerprint density at radius 1 is 1.07 bits per heavy atom. The minimum absolute atomic E-state index is 0.0580. The van der Waals surface area contributed by atoms with Crippen molar-refractivity contribution in [3.63, 3.8) is 0 Å². The number of piperidine rings is 1. The highest BCUT2D eigenvalue weighted by Crippen LogP contribution is 2.15. The summed E-state index contributed by atoms with van der Waals surface area (Å²) >= 11 is 1.52. The van der Waals surface area contributed by atoms with Gasteiger partial charge in [-0.25, -0.2) is 4.98 Å². The van der Waals surface area contributed by atoms with Gasteiger partial charge in [-0.2, -0.15) is 0 Å². The van der Waals surface area contributed by atoms with E-state index in [1.165, 1.54) is 36.9 Å². The van der Waals surface area contributed by atoms with Crippen molar-refractivity contribution in [3.8, 4) is 0 Å². The number of thiazole rings is 1. The van der Waals surface area contributed by atoms with E-state index in [0.29, 0.717) is 37.6 Å². The Hall–Kier alpha value is -2.23. The molecule has 162 valence electrons. The van der Waals surface area contributed by atoms with Crippen LogP contribution in [-0.4, -0.2) is 83.9 Å². The highest BCUT2D eigenvalue weighted by atomic mass is 32.1. The maximum absolute atomic E-state index is 12.4. The molecule has 0 unspecified atom stereocenters. The molecule has 0 saturated carbocycles. The van der Waals surface area contributed by atoms with Gasteiger partial charge in [-0.15, -0.1) is 11.3 Å². The molecule has 4 heterocycles. The van der Waals surface area contributed by atoms with Crippen LogP contribution < -0.4 is 5.32 Å². The molecule has 0 aromatic carbocycles. The standard InChI is InChI=1S/C21H29N5O3S/c27-20(22-6-9-24-7-2-1-3-8-24)17-16-30-19(23-17)15-25-10-12-26(13-11-25)21(28)18-5-4-14-29-18/h4-5,14,16H,1-3,6-13,15H2,(H,22,27). The van der Waals surface area contributed by atoms with E-state index in [9.17, 15) is 9.59 Å². The summed E-state index contributed by atoms with van der Waals surface area (Å²) in [5, 5.41) is 5.76. The van der Waals surface area contributed by atoms with E-state index in [4.69, 9.17) is 4.42 Å². The third kappa shape index (κ3) is 5.47. The molecule has 0 radical (unpaired) electrons. The van der Waals surface area contributed by atoms with Gasteiger partial charge >= 0.3 is 0 Å². The van der Waals surface area contributed by atoms with Crippen molar-refractivity contribution in [2.45, 2.75) is 25.8 Å². The zero-order chi connectivity index (χ0) is 20.8. The topological polar surface area (TPSA) is 81.9 Å². The molecule has 2 fully saturated rings. The second-order valence-electron chi connectivity index (χ2n) is 7.83. The molecule has 1 N–H and O–H groups in total. The normalized spacial score (nSPS) is 18.5. The Labute approximate surface area is 180 Å². The molecule has 30 heavy (non-hydrogen) atoms. The van der Waals surface area contributed by atoms with Crippen LogP contribution in [0.3, 0.4) is 0 Å². The summed E-state index contributed by atoms with van der Waals surface area (Å²) in [6.45, 7) is 7.43. The summed E-state index contributed by atoms with van der Waals surface area (Å²) in [7, 11) is 0. The first-order chi connectivity index (χ1) is 14.7. The first-order valence-corrected chi connectivity index (χ1v) is 11.6. The summed E-state index contributed by atoms with van der Waals surface area (Å²) in [6, 6.07) is 3.43. The average molecular weight is 432 g/mol. The largest absolute Gasteiger partial charge is 0.459 e. The molecule has 2 aromatic rings. The average Bonchev–Trinajstić information content (AvgIpc) is 3.47. The molecule has 0 atom stereocenters. The highest BCUT2D eigenvalue weighted by molar-refractivity contribution is 7.09. The van der Waals surface area contributed by atoms with Gasteiger partial charge in [0.1, 0.15) is 10.7 Å². The molecule has 4 rings (SSSR count). The lowest BCUT2D eigenvalue weighted by molar-refractivity contribution is 0.0597. The zero-order valence-corrected chi connectivity index (χ0v) is 18.0. The SMILES string of the molecule is O=C(NCCN1CCCCC1)c1csc(CN2CCN(C(=O)c3ccco3)CC2)n1. The van der Waals surface area contributed by atoms with Gasteiger partial charge in [-0.05, 0) is 38.1 Å². The van der Waals surface area contributed by atoms with Crippen LogP contribution in [0, 0.1) is 0 Å². The second-order valence-corrected chi connectivity index (χ2v) is 8.77. The molecule has 2 aliphatic heterocycles. The second kappa shape index (κ2) is 10.2. The molecule has 0 bridgehead atoms. The number of rotatable bonds is 7. The maximum Gasteiger partial charge on any atom is 0.289 e. The number of aromatic nitrogens is 1. The van der Waals surface area contributed by atoms with Crippen molar-refractivity contribution >= 4 is 23.2 Å². The highest BCUT2D eigenvalue weighted by Gasteiger charge is 2.24. The third-order valence-electron chi connectivity index (χ3n) is 5.70. The lowest BCUT2D eigenvalue weighted by Crippen LogP contribution is -2.48. The quantitative estimate of drug-likeness (QED) is 0.721. The Morgan fingerprint density at radius 3 is 2.60 bits per heavy atom. The van der Waals surface area contributed by atoms with Crippen LogP contribution in [-0.2, 0) is 6.54 Å². The number of nitrogens with zero attached hydrogens (tertiary/aromatic N) is 4. The number of carbonyl (C=O) groups excluding carboxylic acids is 2. The molecule has 2 amide bonds. The summed E-state index contributed by atoms with van der Waals surface area (Å²) in [5.74, 6) is 0.236. The molecule has 0 spiro atoms. The number of nitrogens with one attached hydrogen (secondary N) is 1. The van der Waals surface area contributed by atoms with Crippen molar-refractivity contribution in [1.82, 2.24) is 25.0 Å². The zero-order valence-electron chi connectivity index (χ0n) is 17.2. The van der Waals surface area contributed by atoms with Gasteiger partial charge in [0.15, 0.2) is 5.76 Å². The van der Waals surface area contributed by atoms with E-state index in [0.717, 1.165) is 37.7 Å². The van der Waals surface area contributed by atoms with Crippen molar-refractivity contribution in [2.75, 3.05) is 52.4 Å². The first-order valence-electron chi connectivity index (χ1n) is 10.7. The summed E-state index contributed by atoms with van der Waals surface area (Å²) < 4.78 is 5.20. The van der Waals surface area contributed by atoms with Crippen molar-refractivity contribution in [2.24, 2.45) is 0 Å². The summed E-state index contributed by atoms with van der Waals surface area (Å²) in [4.78, 5) is 35.7. The fraction of sp³-hybridized carbons (Fsp3) is 0.571. The van der Waals surface area contributed by atoms with Crippen LogP contribution in [0.4, 0.5) is 0 Å². The van der Waals surface area contributed by atoms with Gasteiger partial charge in [-0.3, -0.25) is 14.5 Å². The van der Waals surface area contributed by atoms with Gasteiger partial charge in [0.05, 0.1) is 12.8 Å². The van der Waals surface area contributed by atoms with Gasteiger partial charge < -0.3 is 19.5 Å². The molecular weight excluding hydrogens is 402 g/mol. The number of hydrogen-bond donors (Lipinski definition) is 1. The predicted octanol–water partition coefficient (Wildman–Crippen LogP) is 1.91. The molecule has 9 heteroatoms. The Balaban J connectivity index is 1.19. The smallest absolute Gasteiger partial charge is 0.289 e. The number of amides is 2. The molecule has 2 aromatic heterocycles. The Morgan fingerprint density at radius 2 is 1.87 bits per heavy atom. The Kier molecular flexibility index (Phi) is 7.14. The summed E-state index contributed by atoms with van der Waals surface area (Å²) in [6.07, 6.45) is 5.36. The van der Waals surface area contributed by atoms with Crippen molar-refractivity contribution in [1.29, 1.82) is 0 Å². The number of carbonyl (C=O) groups is 2. The van der Waals surface area contributed by atoms with Crippen LogP contribution >= 0.6 is 11.3 Å². The maximum atomic E-state index is 12.4. The van der Waals surface area contributed by atoms with Crippen molar-refractivity contribution < 1.29 is 14.0 Å². The lowest BCUT2D eigenvalue weighted by Gasteiger charge is -2.33.